The molecule has 2 heteroatoms. The zero-order chi connectivity index (χ0) is 21.3. The molecule has 2 nitrogen and oxygen atoms in total. The quantitative estimate of drug-likeness (QED) is 0.345. The van der Waals surface area contributed by atoms with Crippen LogP contribution in [0.3, 0.4) is 0 Å². The third-order valence-electron chi connectivity index (χ3n) is 4.71. The number of hydrogen-bond acceptors (Lipinski definition) is 2. The van der Waals surface area contributed by atoms with Crippen molar-refractivity contribution < 1.29 is 5.11 Å². The highest BCUT2D eigenvalue weighted by Crippen LogP contribution is 2.23. The summed E-state index contributed by atoms with van der Waals surface area (Å²) in [5.74, 6) is 0.224. The van der Waals surface area contributed by atoms with E-state index in [1.807, 2.05) is 93.0 Å². The first kappa shape index (κ1) is 20.9. The SMILES string of the molecule is C=C(/C=C/c1ccc(N(C)C)cc1)/C=C(\C=C(/O)c1ccccc1)c1ccccc1. The molecule has 0 aromatic heterocycles. The second-order valence-corrected chi connectivity index (χ2v) is 7.26. The van der Waals surface area contributed by atoms with Crippen molar-refractivity contribution in [1.29, 1.82) is 0 Å². The predicted octanol–water partition coefficient (Wildman–Crippen LogP) is 7.00. The smallest absolute Gasteiger partial charge is 0.123 e. The zero-order valence-corrected chi connectivity index (χ0v) is 17.5. The van der Waals surface area contributed by atoms with E-state index < -0.39 is 0 Å². The second kappa shape index (κ2) is 10.1. The van der Waals surface area contributed by atoms with E-state index in [2.05, 4.69) is 35.7 Å². The summed E-state index contributed by atoms with van der Waals surface area (Å²) < 4.78 is 0. The number of allylic oxidation sites excluding steroid dienone is 5. The Morgan fingerprint density at radius 3 is 1.90 bits per heavy atom. The molecule has 0 fully saturated rings. The summed E-state index contributed by atoms with van der Waals surface area (Å²) in [6, 6.07) is 27.9. The first-order valence-corrected chi connectivity index (χ1v) is 9.90. The van der Waals surface area contributed by atoms with Crippen molar-refractivity contribution in [3.63, 3.8) is 0 Å². The number of aliphatic hydroxyl groups excluding tert-OH is 1. The molecule has 0 spiro atoms. The lowest BCUT2D eigenvalue weighted by Gasteiger charge is -2.11. The number of nitrogens with zero attached hydrogens (tertiary/aromatic N) is 1. The fourth-order valence-electron chi connectivity index (χ4n) is 3.01. The molecule has 0 saturated heterocycles. The summed E-state index contributed by atoms with van der Waals surface area (Å²) in [4.78, 5) is 2.08. The van der Waals surface area contributed by atoms with Crippen LogP contribution < -0.4 is 4.90 Å². The third kappa shape index (κ3) is 5.86. The summed E-state index contributed by atoms with van der Waals surface area (Å²) in [7, 11) is 4.06. The lowest BCUT2D eigenvalue weighted by atomic mass is 10.0. The van der Waals surface area contributed by atoms with Crippen LogP contribution in [0, 0.1) is 0 Å². The molecule has 3 rings (SSSR count). The largest absolute Gasteiger partial charge is 0.507 e. The average Bonchev–Trinajstić information content (AvgIpc) is 2.78. The van der Waals surface area contributed by atoms with E-state index in [1.54, 1.807) is 6.08 Å². The van der Waals surface area contributed by atoms with Crippen molar-refractivity contribution >= 4 is 23.1 Å². The van der Waals surface area contributed by atoms with Gasteiger partial charge in [-0.25, -0.2) is 0 Å². The molecular weight excluding hydrogens is 366 g/mol. The van der Waals surface area contributed by atoms with Crippen LogP contribution in [0.4, 0.5) is 5.69 Å². The molecule has 3 aromatic rings. The standard InChI is InChI=1S/C28H27NO/c1-22(14-15-23-16-18-27(19-17-23)29(2)3)20-26(24-10-6-4-7-11-24)21-28(30)25-12-8-5-9-13-25/h4-21,30H,1H2,2-3H3/b15-14+,26-20+,28-21-. The van der Waals surface area contributed by atoms with E-state index in [9.17, 15) is 5.11 Å². The topological polar surface area (TPSA) is 23.5 Å². The van der Waals surface area contributed by atoms with Crippen molar-refractivity contribution in [3.8, 4) is 0 Å². The Bertz CT molecular complexity index is 1060. The normalized spacial score (nSPS) is 12.2. The molecule has 0 bridgehead atoms. The molecule has 150 valence electrons. The van der Waals surface area contributed by atoms with Crippen LogP contribution in [0.5, 0.6) is 0 Å². The Morgan fingerprint density at radius 2 is 1.33 bits per heavy atom. The van der Waals surface area contributed by atoms with E-state index in [0.29, 0.717) is 0 Å². The van der Waals surface area contributed by atoms with Gasteiger partial charge in [-0.3, -0.25) is 0 Å². The molecule has 0 radical (unpaired) electrons. The maximum Gasteiger partial charge on any atom is 0.123 e. The lowest BCUT2D eigenvalue weighted by molar-refractivity contribution is 0.512. The summed E-state index contributed by atoms with van der Waals surface area (Å²) in [5.41, 5.74) is 5.82. The third-order valence-corrected chi connectivity index (χ3v) is 4.71. The van der Waals surface area contributed by atoms with Gasteiger partial charge in [0, 0.05) is 25.3 Å². The van der Waals surface area contributed by atoms with Gasteiger partial charge >= 0.3 is 0 Å². The maximum absolute atomic E-state index is 10.6. The minimum Gasteiger partial charge on any atom is -0.507 e. The van der Waals surface area contributed by atoms with Crippen LogP contribution in [0.25, 0.3) is 17.4 Å². The van der Waals surface area contributed by atoms with Gasteiger partial charge in [-0.15, -0.1) is 0 Å². The van der Waals surface area contributed by atoms with Crippen molar-refractivity contribution in [1.82, 2.24) is 0 Å². The van der Waals surface area contributed by atoms with E-state index in [1.165, 1.54) is 5.69 Å². The van der Waals surface area contributed by atoms with Crippen molar-refractivity contribution in [2.24, 2.45) is 0 Å². The Morgan fingerprint density at radius 1 is 0.767 bits per heavy atom. The van der Waals surface area contributed by atoms with E-state index in [-0.39, 0.29) is 5.76 Å². The highest BCUT2D eigenvalue weighted by molar-refractivity contribution is 5.83. The fourth-order valence-corrected chi connectivity index (χ4v) is 3.01. The van der Waals surface area contributed by atoms with Gasteiger partial charge < -0.3 is 10.0 Å². The van der Waals surface area contributed by atoms with Crippen LogP contribution in [-0.2, 0) is 0 Å². The van der Waals surface area contributed by atoms with Gasteiger partial charge in [0.25, 0.3) is 0 Å². The molecule has 0 aliphatic carbocycles. The second-order valence-electron chi connectivity index (χ2n) is 7.26. The molecule has 0 heterocycles. The van der Waals surface area contributed by atoms with Gasteiger partial charge in [-0.2, -0.15) is 0 Å². The zero-order valence-electron chi connectivity index (χ0n) is 17.5. The van der Waals surface area contributed by atoms with Crippen LogP contribution in [0.15, 0.2) is 115 Å². The molecule has 0 unspecified atom stereocenters. The number of benzene rings is 3. The number of rotatable bonds is 7. The molecule has 0 saturated carbocycles. The van der Waals surface area contributed by atoms with Gasteiger partial charge in [0.2, 0.25) is 0 Å². The minimum absolute atomic E-state index is 0.224. The van der Waals surface area contributed by atoms with Crippen molar-refractivity contribution in [2.75, 3.05) is 19.0 Å². The van der Waals surface area contributed by atoms with Gasteiger partial charge in [0.05, 0.1) is 0 Å². The summed E-state index contributed by atoms with van der Waals surface area (Å²) in [5, 5.41) is 10.6. The molecule has 1 N–H and O–H groups in total. The molecule has 0 atom stereocenters. The van der Waals surface area contributed by atoms with Gasteiger partial charge in [0.15, 0.2) is 0 Å². The van der Waals surface area contributed by atoms with Crippen molar-refractivity contribution in [2.45, 2.75) is 0 Å². The molecule has 30 heavy (non-hydrogen) atoms. The Balaban J connectivity index is 1.86. The highest BCUT2D eigenvalue weighted by Gasteiger charge is 2.03. The molecule has 3 aromatic carbocycles. The first-order valence-electron chi connectivity index (χ1n) is 9.90. The molecule has 0 aliphatic heterocycles. The Labute approximate surface area is 179 Å². The minimum atomic E-state index is 0.224. The summed E-state index contributed by atoms with van der Waals surface area (Å²) in [6.45, 7) is 4.18. The lowest BCUT2D eigenvalue weighted by Crippen LogP contribution is -2.07. The van der Waals surface area contributed by atoms with Crippen LogP contribution in [0.1, 0.15) is 16.7 Å². The Kier molecular flexibility index (Phi) is 7.07. The molecular formula is C28H27NO. The predicted molar refractivity (Wildman–Crippen MR) is 130 cm³/mol. The maximum atomic E-state index is 10.6. The van der Waals surface area contributed by atoms with Gasteiger partial charge in [0.1, 0.15) is 5.76 Å². The van der Waals surface area contributed by atoms with Crippen molar-refractivity contribution in [3.05, 3.63) is 132 Å². The number of aliphatic hydroxyl groups is 1. The van der Waals surface area contributed by atoms with Crippen LogP contribution in [0.2, 0.25) is 0 Å². The molecule has 0 amide bonds. The highest BCUT2D eigenvalue weighted by atomic mass is 16.3. The number of hydrogen-bond donors (Lipinski definition) is 1. The first-order chi connectivity index (χ1) is 14.5. The van der Waals surface area contributed by atoms with Gasteiger partial charge in [-0.1, -0.05) is 91.5 Å². The van der Waals surface area contributed by atoms with E-state index in [4.69, 9.17) is 0 Å². The fraction of sp³-hybridized carbons (Fsp3) is 0.0714. The molecule has 0 aliphatic rings. The Hall–Kier alpha value is -3.78. The summed E-state index contributed by atoms with van der Waals surface area (Å²) >= 11 is 0. The monoisotopic (exact) mass is 393 g/mol. The van der Waals surface area contributed by atoms with Crippen LogP contribution >= 0.6 is 0 Å². The van der Waals surface area contributed by atoms with Crippen LogP contribution in [-0.4, -0.2) is 19.2 Å². The summed E-state index contributed by atoms with van der Waals surface area (Å²) in [6.07, 6.45) is 7.80. The van der Waals surface area contributed by atoms with E-state index in [0.717, 1.165) is 27.8 Å². The van der Waals surface area contributed by atoms with Gasteiger partial charge in [-0.05, 0) is 46.6 Å². The number of anilines is 1. The average molecular weight is 394 g/mol. The van der Waals surface area contributed by atoms with E-state index >= 15 is 0 Å².